The first-order valence-corrected chi connectivity index (χ1v) is 9.58. The zero-order chi connectivity index (χ0) is 17.2. The van der Waals surface area contributed by atoms with Crippen molar-refractivity contribution in [1.82, 2.24) is 4.31 Å². The van der Waals surface area contributed by atoms with E-state index in [1.807, 2.05) is 6.07 Å². The Morgan fingerprint density at radius 3 is 2.17 bits per heavy atom. The van der Waals surface area contributed by atoms with Crippen LogP contribution in [0.15, 0.2) is 59.5 Å². The van der Waals surface area contributed by atoms with E-state index in [0.29, 0.717) is 18.0 Å². The molecule has 1 atom stereocenters. The lowest BCUT2D eigenvalue weighted by atomic mass is 10.1. The van der Waals surface area contributed by atoms with Gasteiger partial charge < -0.3 is 4.90 Å². The largest absolute Gasteiger partial charge is 0.327 e. The van der Waals surface area contributed by atoms with E-state index in [-0.39, 0.29) is 11.9 Å². The van der Waals surface area contributed by atoms with E-state index in [2.05, 4.69) is 6.92 Å². The van der Waals surface area contributed by atoms with E-state index < -0.39 is 10.0 Å². The molecule has 128 valence electrons. The number of nitrogens with one attached hydrogen (secondary N) is 1. The van der Waals surface area contributed by atoms with Crippen molar-refractivity contribution in [3.63, 3.8) is 0 Å². The summed E-state index contributed by atoms with van der Waals surface area (Å²) in [5.41, 5.74) is 1.07. The summed E-state index contributed by atoms with van der Waals surface area (Å²) in [7, 11) is -3.41. The average Bonchev–Trinajstić information content (AvgIpc) is 2.62. The van der Waals surface area contributed by atoms with Gasteiger partial charge >= 0.3 is 0 Å². The lowest BCUT2D eigenvalue weighted by Gasteiger charge is -2.35. The van der Waals surface area contributed by atoms with Crippen LogP contribution in [0.4, 0.5) is 4.39 Å². The van der Waals surface area contributed by atoms with Crippen LogP contribution in [0, 0.1) is 5.82 Å². The number of sulfonamides is 1. The maximum absolute atomic E-state index is 13.1. The third-order valence-corrected chi connectivity index (χ3v) is 6.64. The number of hydrogen-bond acceptors (Lipinski definition) is 2. The minimum absolute atomic E-state index is 0.215. The van der Waals surface area contributed by atoms with Gasteiger partial charge in [0.25, 0.3) is 0 Å². The van der Waals surface area contributed by atoms with Crippen LogP contribution in [0.25, 0.3) is 0 Å². The Hall–Kier alpha value is -1.76. The third-order valence-electron chi connectivity index (χ3n) is 4.73. The van der Waals surface area contributed by atoms with Gasteiger partial charge in [-0.1, -0.05) is 30.3 Å². The van der Waals surface area contributed by atoms with Gasteiger partial charge in [0, 0.05) is 5.56 Å². The predicted octanol–water partition coefficient (Wildman–Crippen LogP) is 1.48. The number of piperazine rings is 1. The Morgan fingerprint density at radius 2 is 1.58 bits per heavy atom. The van der Waals surface area contributed by atoms with Crippen LogP contribution in [0.2, 0.25) is 0 Å². The molecule has 0 radical (unpaired) electrons. The molecule has 4 nitrogen and oxygen atoms in total. The van der Waals surface area contributed by atoms with Gasteiger partial charge in [-0.25, -0.2) is 12.8 Å². The summed E-state index contributed by atoms with van der Waals surface area (Å²) < 4.78 is 39.9. The molecule has 0 amide bonds. The SMILES string of the molecule is C[C@@H](c1ccc(F)cc1)[NH+]1CCN(S(=O)(=O)c2ccccc2)CC1. The summed E-state index contributed by atoms with van der Waals surface area (Å²) in [4.78, 5) is 1.67. The van der Waals surface area contributed by atoms with Gasteiger partial charge in [-0.3, -0.25) is 0 Å². The zero-order valence-corrected chi connectivity index (χ0v) is 14.5. The molecular weight excluding hydrogens is 327 g/mol. The Morgan fingerprint density at radius 1 is 1.00 bits per heavy atom. The lowest BCUT2D eigenvalue weighted by molar-refractivity contribution is -0.933. The molecule has 0 aromatic heterocycles. The summed E-state index contributed by atoms with van der Waals surface area (Å²) in [6, 6.07) is 15.3. The standard InChI is InChI=1S/C18H21FN2O2S/c1-15(16-7-9-17(19)10-8-16)20-11-13-21(14-12-20)24(22,23)18-5-3-2-4-6-18/h2-10,15H,11-14H2,1H3/p+1/t15-/m0/s1. The van der Waals surface area contributed by atoms with Gasteiger partial charge in [0.1, 0.15) is 11.9 Å². The van der Waals surface area contributed by atoms with Crippen LogP contribution in [-0.2, 0) is 10.0 Å². The van der Waals surface area contributed by atoms with Crippen LogP contribution >= 0.6 is 0 Å². The lowest BCUT2D eigenvalue weighted by Crippen LogP contribution is -3.14. The van der Waals surface area contributed by atoms with Crippen molar-refractivity contribution in [2.75, 3.05) is 26.2 Å². The topological polar surface area (TPSA) is 41.8 Å². The highest BCUT2D eigenvalue weighted by Crippen LogP contribution is 2.16. The highest BCUT2D eigenvalue weighted by Gasteiger charge is 2.32. The van der Waals surface area contributed by atoms with Crippen molar-refractivity contribution < 1.29 is 17.7 Å². The third kappa shape index (κ3) is 3.50. The van der Waals surface area contributed by atoms with Crippen LogP contribution in [0.1, 0.15) is 18.5 Å². The summed E-state index contributed by atoms with van der Waals surface area (Å²) >= 11 is 0. The minimum Gasteiger partial charge on any atom is -0.327 e. The number of quaternary nitrogens is 1. The van der Waals surface area contributed by atoms with E-state index >= 15 is 0 Å². The van der Waals surface area contributed by atoms with Gasteiger partial charge in [-0.15, -0.1) is 0 Å². The second-order valence-corrected chi connectivity index (χ2v) is 8.09. The fraction of sp³-hybridized carbons (Fsp3) is 0.333. The summed E-state index contributed by atoms with van der Waals surface area (Å²) in [6.07, 6.45) is 0. The molecule has 0 aliphatic carbocycles. The molecule has 1 fully saturated rings. The highest BCUT2D eigenvalue weighted by atomic mass is 32.2. The molecule has 2 aromatic carbocycles. The van der Waals surface area contributed by atoms with Crippen molar-refractivity contribution >= 4 is 10.0 Å². The number of nitrogens with zero attached hydrogens (tertiary/aromatic N) is 1. The average molecular weight is 349 g/mol. The van der Waals surface area contributed by atoms with Crippen LogP contribution < -0.4 is 4.90 Å². The summed E-state index contributed by atoms with van der Waals surface area (Å²) in [6.45, 7) is 4.58. The van der Waals surface area contributed by atoms with E-state index in [1.54, 1.807) is 40.7 Å². The molecule has 1 heterocycles. The molecule has 24 heavy (non-hydrogen) atoms. The Balaban J connectivity index is 1.66. The highest BCUT2D eigenvalue weighted by molar-refractivity contribution is 7.89. The predicted molar refractivity (Wildman–Crippen MR) is 90.7 cm³/mol. The molecule has 0 saturated carbocycles. The molecule has 1 saturated heterocycles. The number of halogens is 1. The van der Waals surface area contributed by atoms with Crippen molar-refractivity contribution in [1.29, 1.82) is 0 Å². The normalized spacial score (nSPS) is 18.4. The van der Waals surface area contributed by atoms with Gasteiger partial charge in [0.15, 0.2) is 0 Å². The van der Waals surface area contributed by atoms with Crippen LogP contribution in [0.5, 0.6) is 0 Å². The molecule has 1 N–H and O–H groups in total. The Bertz CT molecular complexity index is 770. The first-order chi connectivity index (χ1) is 11.5. The second-order valence-electron chi connectivity index (χ2n) is 6.15. The van der Waals surface area contributed by atoms with Crippen molar-refractivity contribution in [2.45, 2.75) is 17.9 Å². The van der Waals surface area contributed by atoms with Gasteiger partial charge in [0.05, 0.1) is 31.1 Å². The van der Waals surface area contributed by atoms with E-state index in [9.17, 15) is 12.8 Å². The molecule has 3 rings (SSSR count). The summed E-state index contributed by atoms with van der Waals surface area (Å²) in [5, 5.41) is 0. The molecule has 6 heteroatoms. The van der Waals surface area contributed by atoms with Crippen LogP contribution in [-0.4, -0.2) is 38.9 Å². The first-order valence-electron chi connectivity index (χ1n) is 8.14. The number of hydrogen-bond donors (Lipinski definition) is 1. The second kappa shape index (κ2) is 7.01. The van der Waals surface area contributed by atoms with E-state index in [1.165, 1.54) is 17.0 Å². The Kier molecular flexibility index (Phi) is 4.99. The molecule has 0 bridgehead atoms. The quantitative estimate of drug-likeness (QED) is 0.908. The van der Waals surface area contributed by atoms with E-state index in [4.69, 9.17) is 0 Å². The van der Waals surface area contributed by atoms with Gasteiger partial charge in [-0.2, -0.15) is 4.31 Å². The fourth-order valence-electron chi connectivity index (χ4n) is 3.18. The smallest absolute Gasteiger partial charge is 0.243 e. The van der Waals surface area contributed by atoms with E-state index in [0.717, 1.165) is 18.7 Å². The number of rotatable bonds is 4. The zero-order valence-electron chi connectivity index (χ0n) is 13.7. The number of benzene rings is 2. The minimum atomic E-state index is -3.41. The molecule has 0 unspecified atom stereocenters. The molecular formula is C18H22FN2O2S+. The van der Waals surface area contributed by atoms with Crippen molar-refractivity contribution in [3.8, 4) is 0 Å². The maximum Gasteiger partial charge on any atom is 0.243 e. The first kappa shape index (κ1) is 17.1. The fourth-order valence-corrected chi connectivity index (χ4v) is 4.64. The van der Waals surface area contributed by atoms with Crippen molar-refractivity contribution in [2.24, 2.45) is 0 Å². The van der Waals surface area contributed by atoms with Crippen LogP contribution in [0.3, 0.4) is 0 Å². The summed E-state index contributed by atoms with van der Waals surface area (Å²) in [5.74, 6) is -0.236. The molecule has 1 aliphatic rings. The monoisotopic (exact) mass is 349 g/mol. The Labute approximate surface area is 142 Å². The van der Waals surface area contributed by atoms with Gasteiger partial charge in [-0.05, 0) is 31.2 Å². The van der Waals surface area contributed by atoms with Crippen molar-refractivity contribution in [3.05, 3.63) is 66.0 Å². The maximum atomic E-state index is 13.1. The molecule has 1 aliphatic heterocycles. The molecule has 0 spiro atoms. The molecule has 2 aromatic rings. The van der Waals surface area contributed by atoms with Gasteiger partial charge in [0.2, 0.25) is 10.0 Å².